The number of carboxylic acid groups (broad SMARTS) is 1. The second-order valence-electron chi connectivity index (χ2n) is 8.25. The molecule has 0 radical (unpaired) electrons. The molecular weight excluding hydrogens is 404 g/mol. The molecule has 1 saturated heterocycles. The number of piperidine rings is 1. The fraction of sp³-hybridized carbons (Fsp3) is 0.800. The lowest BCUT2D eigenvalue weighted by atomic mass is 9.84. The molecule has 0 bridgehead atoms. The monoisotopic (exact) mass is 440 g/mol. The summed E-state index contributed by atoms with van der Waals surface area (Å²) in [6, 6.07) is -1.18. The van der Waals surface area contributed by atoms with Gasteiger partial charge < -0.3 is 31.6 Å². The first-order chi connectivity index (χ1) is 14.9. The molecule has 2 atom stereocenters. The van der Waals surface area contributed by atoms with E-state index in [1.54, 1.807) is 4.90 Å². The van der Waals surface area contributed by atoms with E-state index in [0.717, 1.165) is 38.5 Å². The van der Waals surface area contributed by atoms with E-state index >= 15 is 0 Å². The Morgan fingerprint density at radius 1 is 1.10 bits per heavy atom. The minimum atomic E-state index is -1.00. The molecule has 0 aromatic rings. The number of carbonyl (C=O) groups excluding carboxylic acids is 2. The summed E-state index contributed by atoms with van der Waals surface area (Å²) in [5.74, 6) is -1.25. The Bertz CT molecular complexity index is 634. The Labute approximate surface area is 182 Å². The lowest BCUT2D eigenvalue weighted by Crippen LogP contribution is -2.57. The minimum absolute atomic E-state index is 0.106. The van der Waals surface area contributed by atoms with E-state index in [9.17, 15) is 14.4 Å². The summed E-state index contributed by atoms with van der Waals surface area (Å²) in [5.41, 5.74) is 10.3. The Balaban J connectivity index is 1.98. The number of nitrogens with one attached hydrogen (secondary N) is 2. The largest absolute Gasteiger partial charge is 0.480 e. The molecule has 11 nitrogen and oxygen atoms in total. The predicted molar refractivity (Wildman–Crippen MR) is 115 cm³/mol. The van der Waals surface area contributed by atoms with Crippen LogP contribution in [0.25, 0.3) is 0 Å². The van der Waals surface area contributed by atoms with E-state index in [2.05, 4.69) is 15.8 Å². The van der Waals surface area contributed by atoms with E-state index in [1.165, 1.54) is 6.42 Å². The Hall–Kier alpha value is -2.56. The Kier molecular flexibility index (Phi) is 10.3. The van der Waals surface area contributed by atoms with Gasteiger partial charge in [0.2, 0.25) is 17.8 Å². The predicted octanol–water partition coefficient (Wildman–Crippen LogP) is -0.298. The molecule has 176 valence electrons. The minimum Gasteiger partial charge on any atom is -0.480 e. The first-order valence-electron chi connectivity index (χ1n) is 11.1. The average molecular weight is 441 g/mol. The summed E-state index contributed by atoms with van der Waals surface area (Å²) in [6.45, 7) is 0.513. The molecule has 0 spiro atoms. The van der Waals surface area contributed by atoms with Gasteiger partial charge in [0.15, 0.2) is 0 Å². The smallest absolute Gasteiger partial charge is 0.317 e. The summed E-state index contributed by atoms with van der Waals surface area (Å²) >= 11 is 0. The van der Waals surface area contributed by atoms with Crippen molar-refractivity contribution in [3.63, 3.8) is 0 Å². The summed E-state index contributed by atoms with van der Waals surface area (Å²) in [5, 5.41) is 18.1. The van der Waals surface area contributed by atoms with Crippen LogP contribution in [0.2, 0.25) is 0 Å². The highest BCUT2D eigenvalue weighted by Crippen LogP contribution is 2.28. The molecule has 2 rings (SSSR count). The molecule has 2 fully saturated rings. The molecule has 0 aromatic heterocycles. The first kappa shape index (κ1) is 24.7. The van der Waals surface area contributed by atoms with Crippen LogP contribution in [-0.2, 0) is 19.2 Å². The second kappa shape index (κ2) is 13.0. The Morgan fingerprint density at radius 2 is 1.81 bits per heavy atom. The van der Waals surface area contributed by atoms with Crippen molar-refractivity contribution in [3.05, 3.63) is 0 Å². The topological polar surface area (TPSA) is 172 Å². The number of guanidine groups is 1. The molecule has 1 aliphatic carbocycles. The number of likely N-dealkylation sites (tertiary alicyclic amines) is 1. The number of hydrogen-bond donors (Lipinski definition) is 5. The highest BCUT2D eigenvalue weighted by molar-refractivity contribution is 5.90. The molecule has 1 heterocycles. The van der Waals surface area contributed by atoms with Gasteiger partial charge >= 0.3 is 5.97 Å². The van der Waals surface area contributed by atoms with Crippen molar-refractivity contribution in [3.8, 4) is 0 Å². The number of rotatable bonds is 11. The third-order valence-corrected chi connectivity index (χ3v) is 5.84. The van der Waals surface area contributed by atoms with Crippen LogP contribution in [0.4, 0.5) is 0 Å². The highest BCUT2D eigenvalue weighted by Gasteiger charge is 2.36. The summed E-state index contributed by atoms with van der Waals surface area (Å²) < 4.78 is 0. The fourth-order valence-electron chi connectivity index (χ4n) is 4.36. The van der Waals surface area contributed by atoms with Crippen LogP contribution < -0.4 is 22.1 Å². The zero-order valence-electron chi connectivity index (χ0n) is 18.1. The number of nitrogens with zero attached hydrogens (tertiary/aromatic N) is 2. The third kappa shape index (κ3) is 8.60. The maximum absolute atomic E-state index is 13.4. The van der Waals surface area contributed by atoms with Gasteiger partial charge in [0.25, 0.3) is 0 Å². The van der Waals surface area contributed by atoms with E-state index in [-0.39, 0.29) is 37.5 Å². The number of carbonyl (C=O) groups is 3. The standard InChI is InChI=1S/C20H36N6O5/c21-20(22)25-31-11-9-23-18(29)16-8-4-5-10-26(16)19(30)15(24-13-17(27)28)12-14-6-2-1-3-7-14/h14-16,24H,1-13H2,(H,23,29)(H,27,28)(H4,21,22,25)/t15-,16+/m1/s1. The normalized spacial score (nSPS) is 20.5. The van der Waals surface area contributed by atoms with Crippen molar-refractivity contribution in [2.75, 3.05) is 26.2 Å². The van der Waals surface area contributed by atoms with Crippen molar-refractivity contribution in [2.24, 2.45) is 22.5 Å². The van der Waals surface area contributed by atoms with E-state index in [1.807, 2.05) is 0 Å². The van der Waals surface area contributed by atoms with Crippen molar-refractivity contribution in [2.45, 2.75) is 69.9 Å². The maximum atomic E-state index is 13.4. The van der Waals surface area contributed by atoms with Crippen molar-refractivity contribution in [1.82, 2.24) is 15.5 Å². The summed E-state index contributed by atoms with van der Waals surface area (Å²) in [4.78, 5) is 43.7. The van der Waals surface area contributed by atoms with E-state index < -0.39 is 18.1 Å². The quantitative estimate of drug-likeness (QED) is 0.126. The molecule has 0 unspecified atom stereocenters. The molecule has 2 aliphatic rings. The van der Waals surface area contributed by atoms with Gasteiger partial charge in [-0.25, -0.2) is 0 Å². The van der Waals surface area contributed by atoms with Gasteiger partial charge in [0, 0.05) is 6.54 Å². The number of nitrogens with two attached hydrogens (primary N) is 2. The van der Waals surface area contributed by atoms with Crippen molar-refractivity contribution in [1.29, 1.82) is 0 Å². The molecule has 2 amide bonds. The van der Waals surface area contributed by atoms with Gasteiger partial charge in [0.1, 0.15) is 12.6 Å². The SMILES string of the molecule is NC(N)=NOCCNC(=O)[C@@H]1CCCCN1C(=O)[C@@H](CC1CCCCC1)NCC(=O)O. The molecule has 31 heavy (non-hydrogen) atoms. The van der Waals surface area contributed by atoms with Gasteiger partial charge in [-0.1, -0.05) is 32.1 Å². The Morgan fingerprint density at radius 3 is 2.48 bits per heavy atom. The van der Waals surface area contributed by atoms with Crippen LogP contribution in [-0.4, -0.2) is 72.1 Å². The van der Waals surface area contributed by atoms with Gasteiger partial charge in [-0.05, 0) is 36.8 Å². The molecule has 1 aliphatic heterocycles. The van der Waals surface area contributed by atoms with E-state index in [4.69, 9.17) is 21.4 Å². The van der Waals surface area contributed by atoms with Crippen LogP contribution in [0.5, 0.6) is 0 Å². The molecule has 1 saturated carbocycles. The van der Waals surface area contributed by atoms with Gasteiger partial charge in [-0.15, -0.1) is 0 Å². The molecule has 0 aromatic carbocycles. The maximum Gasteiger partial charge on any atom is 0.317 e. The molecule has 7 N–H and O–H groups in total. The first-order valence-corrected chi connectivity index (χ1v) is 11.1. The number of aliphatic carboxylic acids is 1. The highest BCUT2D eigenvalue weighted by atomic mass is 16.6. The second-order valence-corrected chi connectivity index (χ2v) is 8.25. The lowest BCUT2D eigenvalue weighted by Gasteiger charge is -2.38. The van der Waals surface area contributed by atoms with Crippen LogP contribution >= 0.6 is 0 Å². The van der Waals surface area contributed by atoms with Crippen LogP contribution in [0, 0.1) is 5.92 Å². The summed E-state index contributed by atoms with van der Waals surface area (Å²) in [7, 11) is 0. The number of hydrogen-bond acceptors (Lipinski definition) is 6. The third-order valence-electron chi connectivity index (χ3n) is 5.84. The van der Waals surface area contributed by atoms with Gasteiger partial charge in [0.05, 0.1) is 19.1 Å². The van der Waals surface area contributed by atoms with Gasteiger partial charge in [-0.3, -0.25) is 19.7 Å². The van der Waals surface area contributed by atoms with Crippen LogP contribution in [0.3, 0.4) is 0 Å². The number of carboxylic acids is 1. The van der Waals surface area contributed by atoms with Crippen LogP contribution in [0.15, 0.2) is 5.16 Å². The molecule has 11 heteroatoms. The fourth-order valence-corrected chi connectivity index (χ4v) is 4.36. The van der Waals surface area contributed by atoms with Crippen molar-refractivity contribution >= 4 is 23.7 Å². The lowest BCUT2D eigenvalue weighted by molar-refractivity contribution is -0.145. The number of oxime groups is 1. The average Bonchev–Trinajstić information content (AvgIpc) is 2.76. The van der Waals surface area contributed by atoms with Crippen molar-refractivity contribution < 1.29 is 24.3 Å². The number of amides is 2. The van der Waals surface area contributed by atoms with E-state index in [0.29, 0.717) is 25.3 Å². The zero-order chi connectivity index (χ0) is 22.6. The van der Waals surface area contributed by atoms with Gasteiger partial charge in [-0.2, -0.15) is 0 Å². The zero-order valence-corrected chi connectivity index (χ0v) is 18.1. The van der Waals surface area contributed by atoms with Crippen LogP contribution in [0.1, 0.15) is 57.8 Å². The summed E-state index contributed by atoms with van der Waals surface area (Å²) in [6.07, 6.45) is 8.43. The molecular formula is C20H36N6O5.